The molecule has 2 aliphatic heterocycles. The maximum absolute atomic E-state index is 3.79. The van der Waals surface area contributed by atoms with Gasteiger partial charge in [-0.05, 0) is 43.1 Å². The molecule has 1 unspecified atom stereocenters. The second kappa shape index (κ2) is 6.56. The summed E-state index contributed by atoms with van der Waals surface area (Å²) < 4.78 is 1.30. The zero-order chi connectivity index (χ0) is 13.9. The second-order valence-corrected chi connectivity index (χ2v) is 6.98. The summed E-state index contributed by atoms with van der Waals surface area (Å²) in [5.41, 5.74) is 2.91. The van der Waals surface area contributed by atoms with E-state index in [1.807, 2.05) is 0 Å². The molecule has 1 aromatic carbocycles. The fourth-order valence-corrected chi connectivity index (χ4v) is 4.07. The Bertz CT molecular complexity index is 457. The van der Waals surface area contributed by atoms with Crippen molar-refractivity contribution in [2.45, 2.75) is 18.9 Å². The van der Waals surface area contributed by atoms with Crippen LogP contribution in [0.2, 0.25) is 0 Å². The third kappa shape index (κ3) is 3.42. The third-order valence-electron chi connectivity index (χ3n) is 4.51. The largest absolute Gasteiger partial charge is 0.314 e. The van der Waals surface area contributed by atoms with Gasteiger partial charge in [-0.2, -0.15) is 0 Å². The van der Waals surface area contributed by atoms with E-state index in [1.165, 1.54) is 35.1 Å². The summed E-state index contributed by atoms with van der Waals surface area (Å²) in [7, 11) is 2.21. The van der Waals surface area contributed by atoms with Crippen LogP contribution in [0.4, 0.5) is 0 Å². The molecule has 0 bridgehead atoms. The maximum atomic E-state index is 3.79. The smallest absolute Gasteiger partial charge is 0.0235 e. The molecule has 0 amide bonds. The number of hydrogen-bond donors (Lipinski definition) is 1. The number of halogens is 1. The number of likely N-dealkylation sites (N-methyl/N-ethyl adjacent to an activating group) is 1. The number of benzene rings is 1. The van der Waals surface area contributed by atoms with Gasteiger partial charge in [-0.1, -0.05) is 28.1 Å². The average Bonchev–Trinajstić information content (AvgIpc) is 2.86. The molecule has 2 saturated heterocycles. The number of likely N-dealkylation sites (tertiary alicyclic amines) is 1. The van der Waals surface area contributed by atoms with Crippen LogP contribution < -0.4 is 5.32 Å². The molecule has 2 heterocycles. The lowest BCUT2D eigenvalue weighted by Gasteiger charge is -2.27. The normalized spacial score (nSPS) is 25.2. The van der Waals surface area contributed by atoms with Crippen LogP contribution in [0, 0.1) is 0 Å². The van der Waals surface area contributed by atoms with Gasteiger partial charge in [0.05, 0.1) is 0 Å². The van der Waals surface area contributed by atoms with Gasteiger partial charge in [-0.25, -0.2) is 0 Å². The monoisotopic (exact) mass is 337 g/mol. The van der Waals surface area contributed by atoms with Crippen molar-refractivity contribution in [1.29, 1.82) is 0 Å². The van der Waals surface area contributed by atoms with Crippen molar-refractivity contribution in [3.05, 3.63) is 33.8 Å². The van der Waals surface area contributed by atoms with Crippen LogP contribution in [0.15, 0.2) is 22.7 Å². The quantitative estimate of drug-likeness (QED) is 0.912. The van der Waals surface area contributed by atoms with Gasteiger partial charge in [0.1, 0.15) is 0 Å². The van der Waals surface area contributed by atoms with Crippen LogP contribution in [-0.4, -0.2) is 56.1 Å². The molecule has 0 saturated carbocycles. The predicted octanol–water partition coefficient (Wildman–Crippen LogP) is 2.27. The minimum atomic E-state index is 0.697. The molecule has 1 aromatic rings. The average molecular weight is 338 g/mol. The van der Waals surface area contributed by atoms with E-state index in [0.29, 0.717) is 5.92 Å². The van der Waals surface area contributed by atoms with Gasteiger partial charge in [-0.15, -0.1) is 0 Å². The van der Waals surface area contributed by atoms with Crippen molar-refractivity contribution in [3.8, 4) is 0 Å². The van der Waals surface area contributed by atoms with E-state index >= 15 is 0 Å². The van der Waals surface area contributed by atoms with Crippen molar-refractivity contribution in [3.63, 3.8) is 0 Å². The lowest BCUT2D eigenvalue weighted by molar-refractivity contribution is 0.233. The molecule has 20 heavy (non-hydrogen) atoms. The molecule has 0 spiro atoms. The van der Waals surface area contributed by atoms with Gasteiger partial charge in [0, 0.05) is 43.7 Å². The summed E-state index contributed by atoms with van der Waals surface area (Å²) in [5.74, 6) is 0.697. The van der Waals surface area contributed by atoms with E-state index in [9.17, 15) is 0 Å². The minimum Gasteiger partial charge on any atom is -0.314 e. The molecule has 2 aliphatic rings. The van der Waals surface area contributed by atoms with Crippen molar-refractivity contribution in [1.82, 2.24) is 15.1 Å². The van der Waals surface area contributed by atoms with Crippen LogP contribution >= 0.6 is 15.9 Å². The van der Waals surface area contributed by atoms with E-state index in [-0.39, 0.29) is 0 Å². The second-order valence-electron chi connectivity index (χ2n) is 6.13. The van der Waals surface area contributed by atoms with Crippen LogP contribution in [0.1, 0.15) is 23.5 Å². The molecule has 0 aromatic heterocycles. The highest BCUT2D eigenvalue weighted by Gasteiger charge is 2.23. The Hall–Kier alpha value is -0.420. The minimum absolute atomic E-state index is 0.697. The number of nitrogens with one attached hydrogen (secondary N) is 1. The maximum Gasteiger partial charge on any atom is 0.0235 e. The fraction of sp³-hybridized carbons (Fsp3) is 0.625. The lowest BCUT2D eigenvalue weighted by Crippen LogP contribution is -2.42. The lowest BCUT2D eigenvalue weighted by atomic mass is 9.97. The molecule has 3 rings (SSSR count). The zero-order valence-corrected chi connectivity index (χ0v) is 13.8. The van der Waals surface area contributed by atoms with Gasteiger partial charge in [0.25, 0.3) is 0 Å². The molecule has 3 nitrogen and oxygen atoms in total. The Balaban J connectivity index is 1.67. The molecule has 1 atom stereocenters. The molecule has 110 valence electrons. The van der Waals surface area contributed by atoms with E-state index in [4.69, 9.17) is 0 Å². The SMILES string of the molecule is CN1CCC(c2ccc(CN3CCNCC3)cc2Br)C1. The number of rotatable bonds is 3. The number of hydrogen-bond acceptors (Lipinski definition) is 3. The van der Waals surface area contributed by atoms with Crippen molar-refractivity contribution < 1.29 is 0 Å². The van der Waals surface area contributed by atoms with E-state index in [0.717, 1.165) is 32.7 Å². The van der Waals surface area contributed by atoms with Crippen LogP contribution in [0.5, 0.6) is 0 Å². The molecule has 0 aliphatic carbocycles. The van der Waals surface area contributed by atoms with E-state index < -0.39 is 0 Å². The predicted molar refractivity (Wildman–Crippen MR) is 87.1 cm³/mol. The van der Waals surface area contributed by atoms with Gasteiger partial charge in [0.2, 0.25) is 0 Å². The first-order valence-electron chi connectivity index (χ1n) is 7.62. The van der Waals surface area contributed by atoms with Crippen molar-refractivity contribution >= 4 is 15.9 Å². The summed E-state index contributed by atoms with van der Waals surface area (Å²) >= 11 is 3.79. The van der Waals surface area contributed by atoms with Crippen LogP contribution in [0.25, 0.3) is 0 Å². The zero-order valence-electron chi connectivity index (χ0n) is 12.2. The Morgan fingerprint density at radius 1 is 1.25 bits per heavy atom. The first kappa shape index (κ1) is 14.5. The summed E-state index contributed by atoms with van der Waals surface area (Å²) in [4.78, 5) is 4.95. The molecule has 1 N–H and O–H groups in total. The van der Waals surface area contributed by atoms with E-state index in [1.54, 1.807) is 0 Å². The summed E-state index contributed by atoms with van der Waals surface area (Å²) in [6.45, 7) is 8.04. The van der Waals surface area contributed by atoms with Crippen LogP contribution in [-0.2, 0) is 6.54 Å². The highest BCUT2D eigenvalue weighted by Crippen LogP contribution is 2.32. The van der Waals surface area contributed by atoms with E-state index in [2.05, 4.69) is 56.3 Å². The van der Waals surface area contributed by atoms with Crippen molar-refractivity contribution in [2.75, 3.05) is 46.3 Å². The highest BCUT2D eigenvalue weighted by atomic mass is 79.9. The molecule has 2 fully saturated rings. The van der Waals surface area contributed by atoms with Crippen LogP contribution in [0.3, 0.4) is 0 Å². The summed E-state index contributed by atoms with van der Waals surface area (Å²) in [6, 6.07) is 6.99. The summed E-state index contributed by atoms with van der Waals surface area (Å²) in [5, 5.41) is 3.41. The Kier molecular flexibility index (Phi) is 4.76. The fourth-order valence-electron chi connectivity index (χ4n) is 3.32. The number of nitrogens with zero attached hydrogens (tertiary/aromatic N) is 2. The standard InChI is InChI=1S/C16H24BrN3/c1-19-7-4-14(12-19)15-3-2-13(10-16(15)17)11-20-8-5-18-6-9-20/h2-3,10,14,18H,4-9,11-12H2,1H3. The topological polar surface area (TPSA) is 18.5 Å². The molecular formula is C16H24BrN3. The first-order chi connectivity index (χ1) is 9.72. The van der Waals surface area contributed by atoms with Gasteiger partial charge < -0.3 is 10.2 Å². The molecular weight excluding hydrogens is 314 g/mol. The Labute approximate surface area is 130 Å². The highest BCUT2D eigenvalue weighted by molar-refractivity contribution is 9.10. The number of piperazine rings is 1. The first-order valence-corrected chi connectivity index (χ1v) is 8.41. The third-order valence-corrected chi connectivity index (χ3v) is 5.20. The van der Waals surface area contributed by atoms with Gasteiger partial charge in [-0.3, -0.25) is 4.90 Å². The van der Waals surface area contributed by atoms with Gasteiger partial charge in [0.15, 0.2) is 0 Å². The van der Waals surface area contributed by atoms with Gasteiger partial charge >= 0.3 is 0 Å². The Morgan fingerprint density at radius 3 is 2.70 bits per heavy atom. The van der Waals surface area contributed by atoms with Crippen molar-refractivity contribution in [2.24, 2.45) is 0 Å². The summed E-state index contributed by atoms with van der Waals surface area (Å²) in [6.07, 6.45) is 1.28. The Morgan fingerprint density at radius 2 is 2.05 bits per heavy atom. The molecule has 4 heteroatoms. The molecule has 0 radical (unpaired) electrons.